The highest BCUT2D eigenvalue weighted by molar-refractivity contribution is 5.75. The highest BCUT2D eigenvalue weighted by Gasteiger charge is 2.34. The van der Waals surface area contributed by atoms with Gasteiger partial charge in [0, 0.05) is 11.5 Å². The molecule has 0 amide bonds. The molecule has 0 spiro atoms. The summed E-state index contributed by atoms with van der Waals surface area (Å²) >= 11 is 0. The largest absolute Gasteiger partial charge is 0.467 e. The zero-order valence-electron chi connectivity index (χ0n) is 6.64. The van der Waals surface area contributed by atoms with Gasteiger partial charge in [0.15, 0.2) is 6.10 Å². The third-order valence-electron chi connectivity index (χ3n) is 1.69. The monoisotopic (exact) mass is 171 g/mol. The number of hydrogen-bond donors (Lipinski definition) is 0. The first-order valence-corrected chi connectivity index (χ1v) is 3.53. The van der Waals surface area contributed by atoms with Gasteiger partial charge in [0.1, 0.15) is 0 Å². The minimum atomic E-state index is -0.717. The van der Waals surface area contributed by atoms with Gasteiger partial charge < -0.3 is 9.47 Å². The fourth-order valence-corrected chi connectivity index (χ4v) is 1.10. The Balaban J connectivity index is 2.63. The van der Waals surface area contributed by atoms with E-state index in [-0.39, 0.29) is 0 Å². The van der Waals surface area contributed by atoms with Crippen LogP contribution in [0.25, 0.3) is 10.4 Å². The molecule has 6 heteroatoms. The zero-order chi connectivity index (χ0) is 8.97. The topological polar surface area (TPSA) is 84.3 Å². The molecule has 0 radical (unpaired) electrons. The molecule has 1 rings (SSSR count). The predicted octanol–water partition coefficient (Wildman–Crippen LogP) is 0.627. The van der Waals surface area contributed by atoms with Crippen molar-refractivity contribution in [3.63, 3.8) is 0 Å². The Bertz CT molecular complexity index is 224. The lowest BCUT2D eigenvalue weighted by atomic mass is 10.1. The van der Waals surface area contributed by atoms with Crippen LogP contribution in [-0.2, 0) is 14.3 Å². The Morgan fingerprint density at radius 3 is 3.17 bits per heavy atom. The van der Waals surface area contributed by atoms with Crippen LogP contribution in [0, 0.1) is 0 Å². The molecule has 0 saturated carbocycles. The Morgan fingerprint density at radius 1 is 1.83 bits per heavy atom. The summed E-state index contributed by atoms with van der Waals surface area (Å²) in [5, 5.41) is 3.43. The number of carbonyl (C=O) groups is 1. The molecule has 0 aromatic carbocycles. The molecule has 2 atom stereocenters. The normalized spacial score (nSPS) is 27.8. The van der Waals surface area contributed by atoms with Crippen molar-refractivity contribution in [2.45, 2.75) is 18.6 Å². The van der Waals surface area contributed by atoms with Gasteiger partial charge in [-0.3, -0.25) is 0 Å². The molecule has 0 bridgehead atoms. The van der Waals surface area contributed by atoms with Crippen molar-refractivity contribution in [3.05, 3.63) is 10.4 Å². The lowest BCUT2D eigenvalue weighted by Gasteiger charge is -2.10. The van der Waals surface area contributed by atoms with Crippen molar-refractivity contribution in [3.8, 4) is 0 Å². The molecule has 0 N–H and O–H groups in total. The quantitative estimate of drug-likeness (QED) is 0.264. The number of esters is 1. The van der Waals surface area contributed by atoms with Crippen LogP contribution >= 0.6 is 0 Å². The minimum absolute atomic E-state index is 0.414. The molecule has 0 aliphatic carbocycles. The maximum Gasteiger partial charge on any atom is 0.335 e. The van der Waals surface area contributed by atoms with Gasteiger partial charge in [0.2, 0.25) is 0 Å². The zero-order valence-corrected chi connectivity index (χ0v) is 6.64. The van der Waals surface area contributed by atoms with Gasteiger partial charge in [-0.1, -0.05) is 5.11 Å². The number of azide groups is 1. The first-order chi connectivity index (χ1) is 5.79. The van der Waals surface area contributed by atoms with Crippen LogP contribution in [0.4, 0.5) is 0 Å². The van der Waals surface area contributed by atoms with Crippen LogP contribution in [-0.4, -0.2) is 31.8 Å². The first-order valence-electron chi connectivity index (χ1n) is 3.53. The molecule has 1 aliphatic heterocycles. The van der Waals surface area contributed by atoms with Crippen molar-refractivity contribution < 1.29 is 14.3 Å². The second-order valence-corrected chi connectivity index (χ2v) is 2.38. The highest BCUT2D eigenvalue weighted by Crippen LogP contribution is 2.18. The fourth-order valence-electron chi connectivity index (χ4n) is 1.10. The molecule has 0 unspecified atom stereocenters. The van der Waals surface area contributed by atoms with E-state index in [1.165, 1.54) is 7.11 Å². The van der Waals surface area contributed by atoms with Crippen molar-refractivity contribution in [2.75, 3.05) is 13.7 Å². The molecule has 12 heavy (non-hydrogen) atoms. The standard InChI is InChI=1S/C6H9N3O3/c1-11-6(10)5-4(8-9-7)2-3-12-5/h4-5H,2-3H2,1H3/t4-,5-/m1/s1. The molecule has 66 valence electrons. The summed E-state index contributed by atoms with van der Waals surface area (Å²) in [5.74, 6) is -0.482. The van der Waals surface area contributed by atoms with E-state index in [9.17, 15) is 4.79 Å². The summed E-state index contributed by atoms with van der Waals surface area (Å²) in [4.78, 5) is 13.6. The fraction of sp³-hybridized carbons (Fsp3) is 0.833. The molecular weight excluding hydrogens is 162 g/mol. The third-order valence-corrected chi connectivity index (χ3v) is 1.69. The van der Waals surface area contributed by atoms with E-state index in [1.807, 2.05) is 0 Å². The van der Waals surface area contributed by atoms with Crippen LogP contribution in [0.5, 0.6) is 0 Å². The van der Waals surface area contributed by atoms with E-state index < -0.39 is 18.1 Å². The second-order valence-electron chi connectivity index (χ2n) is 2.38. The molecule has 1 saturated heterocycles. The molecule has 1 fully saturated rings. The molecule has 1 aliphatic rings. The van der Waals surface area contributed by atoms with Crippen molar-refractivity contribution in [1.82, 2.24) is 0 Å². The maximum atomic E-state index is 11.0. The summed E-state index contributed by atoms with van der Waals surface area (Å²) in [6.07, 6.45) is -0.144. The smallest absolute Gasteiger partial charge is 0.335 e. The molecule has 0 aromatic rings. The van der Waals surface area contributed by atoms with E-state index >= 15 is 0 Å². The number of ether oxygens (including phenoxy) is 2. The van der Waals surface area contributed by atoms with Gasteiger partial charge in [-0.05, 0) is 12.0 Å². The van der Waals surface area contributed by atoms with Crippen LogP contribution in [0.2, 0.25) is 0 Å². The summed E-state index contributed by atoms with van der Waals surface area (Å²) in [5.41, 5.74) is 8.15. The van der Waals surface area contributed by atoms with Crippen molar-refractivity contribution >= 4 is 5.97 Å². The summed E-state index contributed by atoms with van der Waals surface area (Å²) in [6.45, 7) is 0.434. The van der Waals surface area contributed by atoms with Gasteiger partial charge in [-0.2, -0.15) is 0 Å². The van der Waals surface area contributed by atoms with Gasteiger partial charge in [0.25, 0.3) is 0 Å². The second kappa shape index (κ2) is 3.94. The molecule has 6 nitrogen and oxygen atoms in total. The Kier molecular flexibility index (Phi) is 2.90. The SMILES string of the molecule is COC(=O)[C@@H]1OCC[C@H]1N=[N+]=[N-]. The van der Waals surface area contributed by atoms with E-state index in [2.05, 4.69) is 14.8 Å². The average Bonchev–Trinajstić information content (AvgIpc) is 2.52. The first kappa shape index (κ1) is 8.83. The Morgan fingerprint density at radius 2 is 2.58 bits per heavy atom. The molecule has 0 aromatic heterocycles. The van der Waals surface area contributed by atoms with Gasteiger partial charge >= 0.3 is 5.97 Å². The Hall–Kier alpha value is -1.26. The lowest BCUT2D eigenvalue weighted by Crippen LogP contribution is -2.30. The van der Waals surface area contributed by atoms with Crippen molar-refractivity contribution in [1.29, 1.82) is 0 Å². The van der Waals surface area contributed by atoms with Gasteiger partial charge in [-0.15, -0.1) is 0 Å². The highest BCUT2D eigenvalue weighted by atomic mass is 16.6. The number of methoxy groups -OCH3 is 1. The third kappa shape index (κ3) is 1.66. The van der Waals surface area contributed by atoms with Crippen molar-refractivity contribution in [2.24, 2.45) is 5.11 Å². The Labute approximate surface area is 69.1 Å². The lowest BCUT2D eigenvalue weighted by molar-refractivity contribution is -0.151. The van der Waals surface area contributed by atoms with E-state index in [1.54, 1.807) is 0 Å². The van der Waals surface area contributed by atoms with Crippen LogP contribution < -0.4 is 0 Å². The van der Waals surface area contributed by atoms with Crippen LogP contribution in [0.1, 0.15) is 6.42 Å². The minimum Gasteiger partial charge on any atom is -0.467 e. The average molecular weight is 171 g/mol. The van der Waals surface area contributed by atoms with Crippen LogP contribution in [0.3, 0.4) is 0 Å². The summed E-state index contributed by atoms with van der Waals surface area (Å²) in [7, 11) is 1.27. The van der Waals surface area contributed by atoms with Crippen LogP contribution in [0.15, 0.2) is 5.11 Å². The summed E-state index contributed by atoms with van der Waals surface area (Å²) < 4.78 is 9.49. The summed E-state index contributed by atoms with van der Waals surface area (Å²) in [6, 6.07) is -0.414. The van der Waals surface area contributed by atoms with E-state index in [4.69, 9.17) is 10.3 Å². The van der Waals surface area contributed by atoms with E-state index in [0.29, 0.717) is 13.0 Å². The number of hydrogen-bond acceptors (Lipinski definition) is 4. The maximum absolute atomic E-state index is 11.0. The molecule has 1 heterocycles. The van der Waals surface area contributed by atoms with E-state index in [0.717, 1.165) is 0 Å². The number of nitrogens with zero attached hydrogens (tertiary/aromatic N) is 3. The molecular formula is C6H9N3O3. The van der Waals surface area contributed by atoms with Gasteiger partial charge in [0.05, 0.1) is 13.2 Å². The predicted molar refractivity (Wildman–Crippen MR) is 39.3 cm³/mol. The van der Waals surface area contributed by atoms with Gasteiger partial charge in [-0.25, -0.2) is 4.79 Å². The number of carbonyl (C=O) groups excluding carboxylic acids is 1. The number of rotatable bonds is 2.